The van der Waals surface area contributed by atoms with Gasteiger partial charge in [-0.05, 0) is 44.6 Å². The fourth-order valence-corrected chi connectivity index (χ4v) is 4.68. The molecule has 0 radical (unpaired) electrons. The van der Waals surface area contributed by atoms with E-state index in [9.17, 15) is 19.8 Å². The Bertz CT molecular complexity index is 831. The summed E-state index contributed by atoms with van der Waals surface area (Å²) in [4.78, 5) is 24.0. The highest BCUT2D eigenvalue weighted by atomic mass is 16.5. The highest BCUT2D eigenvalue weighted by molar-refractivity contribution is 5.82. The van der Waals surface area contributed by atoms with Crippen LogP contribution in [0.4, 0.5) is 0 Å². The maximum absolute atomic E-state index is 13.2. The molecular weight excluding hydrogens is 434 g/mol. The van der Waals surface area contributed by atoms with Crippen molar-refractivity contribution >= 4 is 11.9 Å². The van der Waals surface area contributed by atoms with Gasteiger partial charge in [0.15, 0.2) is 0 Å². The SMILES string of the molecule is CCC(C)(C)C(=O)NC(c1cc(C)cc(C)c1OCC(O)C[C@@H](O)CC(=O)O)C1CCCCC1. The first-order chi connectivity index (χ1) is 15.9. The third kappa shape index (κ3) is 7.98. The molecule has 192 valence electrons. The first kappa shape index (κ1) is 28.1. The summed E-state index contributed by atoms with van der Waals surface area (Å²) in [5.74, 6) is -0.148. The van der Waals surface area contributed by atoms with E-state index in [1.54, 1.807) is 0 Å². The summed E-state index contributed by atoms with van der Waals surface area (Å²) in [7, 11) is 0. The zero-order valence-corrected chi connectivity index (χ0v) is 21.4. The molecule has 1 aliphatic carbocycles. The summed E-state index contributed by atoms with van der Waals surface area (Å²) in [6.45, 7) is 9.83. The van der Waals surface area contributed by atoms with Crippen LogP contribution in [0, 0.1) is 25.2 Å². The van der Waals surface area contributed by atoms with Crippen molar-refractivity contribution in [3.05, 3.63) is 28.8 Å². The number of carboxylic acid groups (broad SMARTS) is 1. The predicted octanol–water partition coefficient (Wildman–Crippen LogP) is 4.44. The van der Waals surface area contributed by atoms with E-state index in [-0.39, 0.29) is 25.0 Å². The van der Waals surface area contributed by atoms with Crippen molar-refractivity contribution in [2.45, 2.75) is 104 Å². The number of hydrogen-bond acceptors (Lipinski definition) is 5. The van der Waals surface area contributed by atoms with Crippen molar-refractivity contribution in [3.8, 4) is 5.75 Å². The first-order valence-corrected chi connectivity index (χ1v) is 12.6. The monoisotopic (exact) mass is 477 g/mol. The van der Waals surface area contributed by atoms with E-state index in [4.69, 9.17) is 9.84 Å². The Labute approximate surface area is 203 Å². The Hall–Kier alpha value is -2.12. The lowest BCUT2D eigenvalue weighted by Crippen LogP contribution is -2.42. The van der Waals surface area contributed by atoms with Gasteiger partial charge in [-0.15, -0.1) is 0 Å². The lowest BCUT2D eigenvalue weighted by molar-refractivity contribution is -0.139. The average molecular weight is 478 g/mol. The Morgan fingerprint density at radius 1 is 1.12 bits per heavy atom. The van der Waals surface area contributed by atoms with Crippen molar-refractivity contribution < 1.29 is 29.6 Å². The molecule has 1 aromatic rings. The molecule has 7 nitrogen and oxygen atoms in total. The van der Waals surface area contributed by atoms with E-state index in [1.165, 1.54) is 6.42 Å². The van der Waals surface area contributed by atoms with Crippen LogP contribution in [-0.4, -0.2) is 46.0 Å². The molecular formula is C27H43NO6. The summed E-state index contributed by atoms with van der Waals surface area (Å²) in [5, 5.41) is 32.4. The molecule has 7 heteroatoms. The van der Waals surface area contributed by atoms with Gasteiger partial charge in [0, 0.05) is 17.4 Å². The van der Waals surface area contributed by atoms with Crippen molar-refractivity contribution in [3.63, 3.8) is 0 Å². The smallest absolute Gasteiger partial charge is 0.305 e. The van der Waals surface area contributed by atoms with Crippen LogP contribution in [0.25, 0.3) is 0 Å². The molecule has 0 aliphatic heterocycles. The quantitative estimate of drug-likeness (QED) is 0.354. The van der Waals surface area contributed by atoms with E-state index in [2.05, 4.69) is 11.4 Å². The molecule has 34 heavy (non-hydrogen) atoms. The van der Waals surface area contributed by atoms with Gasteiger partial charge in [-0.3, -0.25) is 9.59 Å². The number of carboxylic acids is 1. The number of amides is 1. The summed E-state index contributed by atoms with van der Waals surface area (Å²) < 4.78 is 6.10. The molecule has 4 N–H and O–H groups in total. The summed E-state index contributed by atoms with van der Waals surface area (Å²) in [5.41, 5.74) is 2.42. The fourth-order valence-electron chi connectivity index (χ4n) is 4.68. The van der Waals surface area contributed by atoms with E-state index < -0.39 is 30.0 Å². The van der Waals surface area contributed by atoms with Crippen LogP contribution in [0.3, 0.4) is 0 Å². The molecule has 0 spiro atoms. The summed E-state index contributed by atoms with van der Waals surface area (Å²) >= 11 is 0. The average Bonchev–Trinajstić information content (AvgIpc) is 2.76. The molecule has 0 bridgehead atoms. The minimum Gasteiger partial charge on any atom is -0.490 e. The Kier molecular flexibility index (Phi) is 10.4. The third-order valence-corrected chi connectivity index (χ3v) is 7.06. The van der Waals surface area contributed by atoms with Crippen molar-refractivity contribution in [2.24, 2.45) is 11.3 Å². The molecule has 3 atom stereocenters. The minimum atomic E-state index is -1.14. The van der Waals surface area contributed by atoms with Gasteiger partial charge in [-0.25, -0.2) is 0 Å². The highest BCUT2D eigenvalue weighted by Gasteiger charge is 2.34. The number of hydrogen-bond donors (Lipinski definition) is 4. The van der Waals surface area contributed by atoms with E-state index in [0.717, 1.165) is 48.8 Å². The number of aliphatic carboxylic acids is 1. The number of aliphatic hydroxyl groups is 2. The van der Waals surface area contributed by atoms with E-state index in [0.29, 0.717) is 11.7 Å². The summed E-state index contributed by atoms with van der Waals surface area (Å²) in [6, 6.07) is 3.88. The highest BCUT2D eigenvalue weighted by Crippen LogP contribution is 2.40. The van der Waals surface area contributed by atoms with Crippen molar-refractivity contribution in [1.82, 2.24) is 5.32 Å². The fraction of sp³-hybridized carbons (Fsp3) is 0.704. The minimum absolute atomic E-state index is 0.0208. The van der Waals surface area contributed by atoms with Gasteiger partial charge in [-0.1, -0.05) is 57.7 Å². The van der Waals surface area contributed by atoms with Gasteiger partial charge >= 0.3 is 5.97 Å². The lowest BCUT2D eigenvalue weighted by atomic mass is 9.79. The number of carbonyl (C=O) groups is 2. The van der Waals surface area contributed by atoms with Gasteiger partial charge in [-0.2, -0.15) is 0 Å². The Morgan fingerprint density at radius 3 is 2.35 bits per heavy atom. The topological polar surface area (TPSA) is 116 Å². The van der Waals surface area contributed by atoms with Crippen LogP contribution >= 0.6 is 0 Å². The number of rotatable bonds is 12. The number of aliphatic hydroxyl groups excluding tert-OH is 2. The molecule has 1 aliphatic rings. The molecule has 1 aromatic carbocycles. The van der Waals surface area contributed by atoms with Crippen LogP contribution in [0.5, 0.6) is 5.75 Å². The largest absolute Gasteiger partial charge is 0.490 e. The van der Waals surface area contributed by atoms with Crippen LogP contribution < -0.4 is 10.1 Å². The number of ether oxygens (including phenoxy) is 1. The van der Waals surface area contributed by atoms with Crippen molar-refractivity contribution in [2.75, 3.05) is 6.61 Å². The standard InChI is InChI=1S/C27H43NO6/c1-6-27(4,5)26(33)28-24(19-10-8-7-9-11-19)22-13-17(2)12-18(3)25(22)34-16-21(30)14-20(29)15-23(31)32/h12-13,19-21,24,29-30H,6-11,14-16H2,1-5H3,(H,28,33)(H,31,32)/t20-,21?,24?/m1/s1. The van der Waals surface area contributed by atoms with Gasteiger partial charge < -0.3 is 25.4 Å². The van der Waals surface area contributed by atoms with Gasteiger partial charge in [0.2, 0.25) is 5.91 Å². The molecule has 0 heterocycles. The predicted molar refractivity (Wildman–Crippen MR) is 132 cm³/mol. The molecule has 2 unspecified atom stereocenters. The number of aryl methyl sites for hydroxylation is 2. The van der Waals surface area contributed by atoms with Crippen molar-refractivity contribution in [1.29, 1.82) is 0 Å². The second-order valence-electron chi connectivity index (χ2n) is 10.5. The zero-order valence-electron chi connectivity index (χ0n) is 21.4. The van der Waals surface area contributed by atoms with Crippen LogP contribution in [-0.2, 0) is 9.59 Å². The maximum Gasteiger partial charge on any atom is 0.305 e. The molecule has 0 aromatic heterocycles. The number of carbonyl (C=O) groups excluding carboxylic acids is 1. The van der Waals surface area contributed by atoms with E-state index >= 15 is 0 Å². The summed E-state index contributed by atoms with van der Waals surface area (Å²) in [6.07, 6.45) is 3.63. The Morgan fingerprint density at radius 2 is 1.76 bits per heavy atom. The lowest BCUT2D eigenvalue weighted by Gasteiger charge is -2.35. The molecule has 1 amide bonds. The van der Waals surface area contributed by atoms with Gasteiger partial charge in [0.25, 0.3) is 0 Å². The van der Waals surface area contributed by atoms with Crippen LogP contribution in [0.1, 0.15) is 94.9 Å². The molecule has 2 rings (SSSR count). The van der Waals surface area contributed by atoms with Crippen LogP contribution in [0.2, 0.25) is 0 Å². The maximum atomic E-state index is 13.2. The number of benzene rings is 1. The molecule has 0 saturated heterocycles. The first-order valence-electron chi connectivity index (χ1n) is 12.6. The van der Waals surface area contributed by atoms with Gasteiger partial charge in [0.1, 0.15) is 12.4 Å². The third-order valence-electron chi connectivity index (χ3n) is 7.06. The van der Waals surface area contributed by atoms with E-state index in [1.807, 2.05) is 40.7 Å². The molecule has 1 saturated carbocycles. The Balaban J connectivity index is 2.32. The number of nitrogens with one attached hydrogen (secondary N) is 1. The normalized spacial score (nSPS) is 17.6. The van der Waals surface area contributed by atoms with Crippen LogP contribution in [0.15, 0.2) is 12.1 Å². The van der Waals surface area contributed by atoms with Gasteiger partial charge in [0.05, 0.1) is 24.7 Å². The zero-order chi connectivity index (χ0) is 25.5. The second-order valence-corrected chi connectivity index (χ2v) is 10.5. The second kappa shape index (κ2) is 12.5. The molecule has 1 fully saturated rings.